The van der Waals surface area contributed by atoms with Crippen molar-refractivity contribution in [2.24, 2.45) is 5.41 Å². The number of nitrogens with zero attached hydrogens (tertiary/aromatic N) is 2. The Morgan fingerprint density at radius 3 is 2.27 bits per heavy atom. The van der Waals surface area contributed by atoms with Gasteiger partial charge in [-0.3, -0.25) is 4.79 Å². The lowest BCUT2D eigenvalue weighted by Gasteiger charge is -2.30. The Morgan fingerprint density at radius 2 is 1.82 bits per heavy atom. The van der Waals surface area contributed by atoms with Crippen molar-refractivity contribution < 1.29 is 18.0 Å². The molecule has 0 saturated carbocycles. The van der Waals surface area contributed by atoms with Gasteiger partial charge in [0, 0.05) is 6.54 Å². The molecule has 1 aromatic heterocycles. The number of hydrogen-bond donors (Lipinski definition) is 0. The minimum atomic E-state index is -4.41. The maximum Gasteiger partial charge on any atom is 0.406 e. The van der Waals surface area contributed by atoms with Crippen LogP contribution in [0.5, 0.6) is 0 Å². The normalized spacial score (nSPS) is 12.5. The number of thiazole rings is 1. The molecule has 0 N–H and O–H groups in total. The zero-order chi connectivity index (χ0) is 17.1. The molecule has 1 amide bonds. The smallest absolute Gasteiger partial charge is 0.328 e. The van der Waals surface area contributed by atoms with Gasteiger partial charge in [0.25, 0.3) is 5.91 Å². The molecule has 126 valence electrons. The highest BCUT2D eigenvalue weighted by molar-refractivity contribution is 7.13. The van der Waals surface area contributed by atoms with E-state index in [2.05, 4.69) is 4.98 Å². The summed E-state index contributed by atoms with van der Waals surface area (Å²) in [5, 5.41) is 0.797. The zero-order valence-electron chi connectivity index (χ0n) is 13.7. The van der Waals surface area contributed by atoms with E-state index in [1.54, 1.807) is 6.92 Å². The Labute approximate surface area is 133 Å². The lowest BCUT2D eigenvalue weighted by molar-refractivity contribution is -0.142. The van der Waals surface area contributed by atoms with Gasteiger partial charge in [0.05, 0.1) is 10.7 Å². The van der Waals surface area contributed by atoms with Crippen LogP contribution in [0.15, 0.2) is 0 Å². The van der Waals surface area contributed by atoms with Gasteiger partial charge in [-0.1, -0.05) is 27.7 Å². The number of carbonyl (C=O) groups is 1. The molecule has 0 aliphatic carbocycles. The van der Waals surface area contributed by atoms with Crippen LogP contribution in [0, 0.1) is 12.3 Å². The van der Waals surface area contributed by atoms with Gasteiger partial charge in [-0.05, 0) is 25.2 Å². The number of aromatic nitrogens is 1. The minimum Gasteiger partial charge on any atom is -0.328 e. The molecule has 0 aliphatic heterocycles. The van der Waals surface area contributed by atoms with Crippen LogP contribution in [-0.2, 0) is 6.42 Å². The van der Waals surface area contributed by atoms with Gasteiger partial charge in [-0.2, -0.15) is 13.2 Å². The van der Waals surface area contributed by atoms with E-state index < -0.39 is 24.0 Å². The third-order valence-corrected chi connectivity index (χ3v) is 4.03. The molecule has 1 aromatic rings. The fourth-order valence-electron chi connectivity index (χ4n) is 2.10. The summed E-state index contributed by atoms with van der Waals surface area (Å²) >= 11 is 1.20. The second kappa shape index (κ2) is 6.98. The van der Waals surface area contributed by atoms with Gasteiger partial charge in [0.15, 0.2) is 0 Å². The van der Waals surface area contributed by atoms with Crippen LogP contribution in [-0.4, -0.2) is 35.1 Å². The Hall–Kier alpha value is -1.11. The summed E-state index contributed by atoms with van der Waals surface area (Å²) in [5.74, 6) is -0.579. The number of hydrogen-bond acceptors (Lipinski definition) is 3. The fraction of sp³-hybridized carbons (Fsp3) is 0.733. The van der Waals surface area contributed by atoms with E-state index in [1.165, 1.54) is 11.3 Å². The molecule has 0 aromatic carbocycles. The Morgan fingerprint density at radius 1 is 1.23 bits per heavy atom. The van der Waals surface area contributed by atoms with E-state index >= 15 is 0 Å². The fourth-order valence-corrected chi connectivity index (χ4v) is 3.24. The number of rotatable bonds is 5. The first-order valence-electron chi connectivity index (χ1n) is 7.25. The van der Waals surface area contributed by atoms with Crippen molar-refractivity contribution in [1.82, 2.24) is 9.88 Å². The molecule has 0 saturated heterocycles. The molecule has 0 radical (unpaired) electrons. The second-order valence-electron chi connectivity index (χ2n) is 6.61. The van der Waals surface area contributed by atoms with Crippen molar-refractivity contribution in [3.63, 3.8) is 0 Å². The van der Waals surface area contributed by atoms with Crippen LogP contribution >= 0.6 is 11.3 Å². The van der Waals surface area contributed by atoms with Crippen molar-refractivity contribution in [2.45, 2.75) is 53.6 Å². The average molecular weight is 336 g/mol. The standard InChI is InChI=1S/C15H23F3N2OS/c1-6-7-11-19-10(2)12(22-11)13(21)20(8-14(3,4)5)9-15(16,17)18/h6-9H2,1-5H3. The molecule has 0 unspecified atom stereocenters. The molecule has 1 rings (SSSR count). The van der Waals surface area contributed by atoms with Crippen LogP contribution in [0.2, 0.25) is 0 Å². The van der Waals surface area contributed by atoms with Crippen molar-refractivity contribution in [2.75, 3.05) is 13.1 Å². The maximum absolute atomic E-state index is 12.8. The van der Waals surface area contributed by atoms with Crippen LogP contribution in [0.1, 0.15) is 54.5 Å². The number of amides is 1. The summed E-state index contributed by atoms with van der Waals surface area (Å²) in [6, 6.07) is 0. The monoisotopic (exact) mass is 336 g/mol. The number of alkyl halides is 3. The molecule has 0 bridgehead atoms. The predicted molar refractivity (Wildman–Crippen MR) is 82.3 cm³/mol. The van der Waals surface area contributed by atoms with Crippen LogP contribution < -0.4 is 0 Å². The van der Waals surface area contributed by atoms with Crippen molar-refractivity contribution in [3.05, 3.63) is 15.6 Å². The maximum atomic E-state index is 12.8. The molecule has 3 nitrogen and oxygen atoms in total. The highest BCUT2D eigenvalue weighted by Gasteiger charge is 2.36. The van der Waals surface area contributed by atoms with Gasteiger partial charge < -0.3 is 4.90 Å². The summed E-state index contributed by atoms with van der Waals surface area (Å²) in [6.07, 6.45) is -2.79. The highest BCUT2D eigenvalue weighted by Crippen LogP contribution is 2.26. The van der Waals surface area contributed by atoms with Gasteiger partial charge in [-0.25, -0.2) is 4.98 Å². The highest BCUT2D eigenvalue weighted by atomic mass is 32.1. The summed E-state index contributed by atoms with van der Waals surface area (Å²) in [6.45, 7) is 7.91. The van der Waals surface area contributed by atoms with Gasteiger partial charge in [0.1, 0.15) is 11.4 Å². The third kappa shape index (κ3) is 5.94. The summed E-state index contributed by atoms with van der Waals surface area (Å²) in [7, 11) is 0. The first-order valence-corrected chi connectivity index (χ1v) is 8.07. The Kier molecular flexibility index (Phi) is 6.01. The van der Waals surface area contributed by atoms with Gasteiger partial charge in [-0.15, -0.1) is 11.3 Å². The molecular weight excluding hydrogens is 313 g/mol. The predicted octanol–water partition coefficient (Wildman–Crippen LogP) is 4.45. The van der Waals surface area contributed by atoms with Crippen molar-refractivity contribution in [1.29, 1.82) is 0 Å². The topological polar surface area (TPSA) is 33.2 Å². The van der Waals surface area contributed by atoms with Gasteiger partial charge >= 0.3 is 6.18 Å². The van der Waals surface area contributed by atoms with E-state index in [9.17, 15) is 18.0 Å². The third-order valence-electron chi connectivity index (χ3n) is 2.82. The largest absolute Gasteiger partial charge is 0.406 e. The molecule has 7 heteroatoms. The van der Waals surface area contributed by atoms with Crippen LogP contribution in [0.4, 0.5) is 13.2 Å². The number of halogens is 3. The van der Waals surface area contributed by atoms with E-state index in [0.29, 0.717) is 10.6 Å². The Bertz CT molecular complexity index is 502. The SMILES string of the molecule is CCCc1nc(C)c(C(=O)N(CC(C)(C)C)CC(F)(F)F)s1. The van der Waals surface area contributed by atoms with E-state index in [-0.39, 0.29) is 6.54 Å². The molecule has 0 fully saturated rings. The van der Waals surface area contributed by atoms with Crippen molar-refractivity contribution in [3.8, 4) is 0 Å². The zero-order valence-corrected chi connectivity index (χ0v) is 14.5. The average Bonchev–Trinajstić information content (AvgIpc) is 2.65. The molecule has 0 spiro atoms. The lowest BCUT2D eigenvalue weighted by atomic mass is 9.96. The molecule has 0 atom stereocenters. The number of carbonyl (C=O) groups excluding carboxylic acids is 1. The summed E-state index contributed by atoms with van der Waals surface area (Å²) in [4.78, 5) is 18.0. The molecule has 1 heterocycles. The van der Waals surface area contributed by atoms with E-state index in [4.69, 9.17) is 0 Å². The molecule has 22 heavy (non-hydrogen) atoms. The second-order valence-corrected chi connectivity index (χ2v) is 7.69. The Balaban J connectivity index is 3.05. The summed E-state index contributed by atoms with van der Waals surface area (Å²) < 4.78 is 38.3. The van der Waals surface area contributed by atoms with E-state index in [1.807, 2.05) is 27.7 Å². The number of aryl methyl sites for hydroxylation is 2. The van der Waals surface area contributed by atoms with Gasteiger partial charge in [0.2, 0.25) is 0 Å². The van der Waals surface area contributed by atoms with E-state index in [0.717, 1.165) is 22.7 Å². The first-order chi connectivity index (χ1) is 9.93. The van der Waals surface area contributed by atoms with Crippen LogP contribution in [0.25, 0.3) is 0 Å². The first kappa shape index (κ1) is 18.9. The summed E-state index contributed by atoms with van der Waals surface area (Å²) in [5.41, 5.74) is 0.102. The van der Waals surface area contributed by atoms with Crippen LogP contribution in [0.3, 0.4) is 0 Å². The van der Waals surface area contributed by atoms with Crippen molar-refractivity contribution >= 4 is 17.2 Å². The molecule has 0 aliphatic rings. The minimum absolute atomic E-state index is 0.0474. The molecular formula is C15H23F3N2OS. The lowest BCUT2D eigenvalue weighted by Crippen LogP contribution is -2.43. The quantitative estimate of drug-likeness (QED) is 0.795.